The van der Waals surface area contributed by atoms with Gasteiger partial charge in [-0.3, -0.25) is 23.9 Å². The predicted octanol–water partition coefficient (Wildman–Crippen LogP) is 5.49. The largest absolute Gasteiger partial charge is 0.484 e. The van der Waals surface area contributed by atoms with Gasteiger partial charge in [-0.2, -0.15) is 13.2 Å². The number of fused-ring (bicyclic) bond motifs is 5. The number of hydrogen-bond donors (Lipinski definition) is 3. The summed E-state index contributed by atoms with van der Waals surface area (Å²) in [4.78, 5) is 60.6. The molecule has 59 heavy (non-hydrogen) atoms. The van der Waals surface area contributed by atoms with Crippen molar-refractivity contribution in [2.45, 2.75) is 99.9 Å². The van der Waals surface area contributed by atoms with Crippen LogP contribution in [0, 0.1) is 18.7 Å². The van der Waals surface area contributed by atoms with Gasteiger partial charge in [0.05, 0.1) is 17.5 Å². The van der Waals surface area contributed by atoms with Gasteiger partial charge in [-0.25, -0.2) is 17.8 Å². The van der Waals surface area contributed by atoms with E-state index in [9.17, 15) is 45.2 Å². The average Bonchev–Trinajstić information content (AvgIpc) is 4.08. The van der Waals surface area contributed by atoms with E-state index >= 15 is 0 Å². The molecule has 4 heterocycles. The standard InChI is InChI=1S/C41H41F4N5O8S/c1-22-9-16-32-28(17-22)34-35(58-32)33(19-30(46-34)23-10-12-25(42)13-11-23)57-26-18-31-36(51)48-40(38(53)49-59(55,56)27-14-15-27)20-24(40)7-5-3-2-4-6-8-29(37(52)50(31)21-26)47-39(54)41(43,44)45/h5,7,9-13,16-17,19,24,26-27,29,31H,2-4,6,8,14-15,18,20-21H2,1H3,(H,47,54)(H,48,51)(H,49,53)/t24-,26-,29+,31+,40-/m1/s1. The molecule has 4 amide bonds. The summed E-state index contributed by atoms with van der Waals surface area (Å²) in [5, 5.41) is 4.48. The number of nitrogens with zero attached hydrogens (tertiary/aromatic N) is 2. The summed E-state index contributed by atoms with van der Waals surface area (Å²) in [6, 6.07) is 9.58. The van der Waals surface area contributed by atoms with Gasteiger partial charge >= 0.3 is 12.1 Å². The van der Waals surface area contributed by atoms with Gasteiger partial charge in [0.2, 0.25) is 21.8 Å². The van der Waals surface area contributed by atoms with E-state index in [2.05, 4.69) is 10.0 Å². The van der Waals surface area contributed by atoms with Crippen LogP contribution in [0.15, 0.2) is 65.1 Å². The minimum Gasteiger partial charge on any atom is -0.484 e. The monoisotopic (exact) mass is 839 g/mol. The first-order valence-corrected chi connectivity index (χ1v) is 21.1. The fourth-order valence-electron chi connectivity index (χ4n) is 7.94. The maximum absolute atomic E-state index is 14.4. The van der Waals surface area contributed by atoms with Gasteiger partial charge in [-0.15, -0.1) is 0 Å². The molecule has 2 aromatic carbocycles. The molecule has 5 atom stereocenters. The molecule has 3 fully saturated rings. The summed E-state index contributed by atoms with van der Waals surface area (Å²) >= 11 is 0. The van der Waals surface area contributed by atoms with Crippen LogP contribution in [0.2, 0.25) is 0 Å². The zero-order valence-corrected chi connectivity index (χ0v) is 32.6. The second kappa shape index (κ2) is 15.3. The number of pyridine rings is 1. The number of rotatable bonds is 7. The number of halogens is 4. The number of nitrogens with one attached hydrogen (secondary N) is 3. The van der Waals surface area contributed by atoms with Crippen LogP contribution in [-0.2, 0) is 29.2 Å². The zero-order valence-electron chi connectivity index (χ0n) is 31.8. The first kappa shape index (κ1) is 40.3. The minimum absolute atomic E-state index is 0.0683. The number of alkyl halides is 3. The van der Waals surface area contributed by atoms with Crippen LogP contribution in [0.1, 0.15) is 63.4 Å². The van der Waals surface area contributed by atoms with Gasteiger partial charge in [-0.05, 0) is 81.8 Å². The topological polar surface area (TPSA) is 177 Å². The molecule has 3 N–H and O–H groups in total. The lowest BCUT2D eigenvalue weighted by Gasteiger charge is -2.30. The van der Waals surface area contributed by atoms with Crippen molar-refractivity contribution in [3.05, 3.63) is 72.1 Å². The van der Waals surface area contributed by atoms with Crippen LogP contribution in [0.4, 0.5) is 17.6 Å². The van der Waals surface area contributed by atoms with Crippen LogP contribution >= 0.6 is 0 Å². The van der Waals surface area contributed by atoms with Gasteiger partial charge in [0.25, 0.3) is 5.91 Å². The Morgan fingerprint density at radius 1 is 1.03 bits per heavy atom. The van der Waals surface area contributed by atoms with Crippen molar-refractivity contribution in [3.63, 3.8) is 0 Å². The third-order valence-corrected chi connectivity index (χ3v) is 13.2. The zero-order chi connectivity index (χ0) is 41.9. The van der Waals surface area contributed by atoms with Crippen LogP contribution < -0.4 is 20.1 Å². The predicted molar refractivity (Wildman–Crippen MR) is 205 cm³/mol. The Kier molecular flexibility index (Phi) is 10.4. The van der Waals surface area contributed by atoms with Crippen molar-refractivity contribution in [2.75, 3.05) is 6.54 Å². The normalized spacial score (nSPS) is 25.4. The number of ether oxygens (including phenoxy) is 1. The highest BCUT2D eigenvalue weighted by atomic mass is 32.2. The molecular formula is C41H41F4N5O8S. The molecule has 1 saturated heterocycles. The van der Waals surface area contributed by atoms with Crippen molar-refractivity contribution in [1.29, 1.82) is 0 Å². The summed E-state index contributed by atoms with van der Waals surface area (Å²) < 4.78 is 95.1. The van der Waals surface area contributed by atoms with Gasteiger partial charge in [0, 0.05) is 29.4 Å². The maximum Gasteiger partial charge on any atom is 0.471 e. The third-order valence-electron chi connectivity index (χ3n) is 11.4. The number of aromatic nitrogens is 1. The number of hydrogen-bond acceptors (Lipinski definition) is 9. The van der Waals surface area contributed by atoms with E-state index in [1.807, 2.05) is 24.4 Å². The molecule has 0 bridgehead atoms. The van der Waals surface area contributed by atoms with E-state index in [4.69, 9.17) is 14.1 Å². The number of carbonyl (C=O) groups excluding carboxylic acids is 4. The van der Waals surface area contributed by atoms with Crippen molar-refractivity contribution >= 4 is 55.7 Å². The Morgan fingerprint density at radius 3 is 2.53 bits per heavy atom. The SMILES string of the molecule is Cc1ccc2oc3c(O[C@@H]4C[C@H]5C(=O)N[C@]6(C(=O)NS(=O)(=O)C7CC7)C[C@H]6C=CCCCCC[C@H](NC(=O)C(F)(F)F)C(=O)N5C4)cc(-c4ccc(F)cc4)nc3c2c1. The molecule has 8 rings (SSSR count). The lowest BCUT2D eigenvalue weighted by molar-refractivity contribution is -0.175. The van der Waals surface area contributed by atoms with Gasteiger partial charge in [-0.1, -0.05) is 36.6 Å². The quantitative estimate of drug-likeness (QED) is 0.160. The second-order valence-corrected chi connectivity index (χ2v) is 17.8. The van der Waals surface area contributed by atoms with E-state index in [1.54, 1.807) is 24.3 Å². The van der Waals surface area contributed by atoms with Crippen LogP contribution in [0.3, 0.4) is 0 Å². The molecule has 312 valence electrons. The summed E-state index contributed by atoms with van der Waals surface area (Å²) in [6.45, 7) is 1.56. The molecule has 18 heteroatoms. The Morgan fingerprint density at radius 2 is 1.80 bits per heavy atom. The van der Waals surface area contributed by atoms with Crippen molar-refractivity contribution in [2.24, 2.45) is 5.92 Å². The average molecular weight is 840 g/mol. The van der Waals surface area contributed by atoms with Gasteiger partial charge < -0.3 is 24.7 Å². The number of benzene rings is 2. The van der Waals surface area contributed by atoms with Crippen molar-refractivity contribution in [1.82, 2.24) is 25.2 Å². The van der Waals surface area contributed by atoms with E-state index in [1.165, 1.54) is 24.3 Å². The number of furan rings is 1. The Balaban J connectivity index is 1.16. The lowest BCUT2D eigenvalue weighted by Crippen LogP contribution is -2.58. The van der Waals surface area contributed by atoms with E-state index in [-0.39, 0.29) is 43.6 Å². The second-order valence-electron chi connectivity index (χ2n) is 15.8. The number of aryl methyl sites for hydroxylation is 1. The first-order valence-electron chi connectivity index (χ1n) is 19.5. The fourth-order valence-corrected chi connectivity index (χ4v) is 9.31. The number of sulfonamides is 1. The summed E-state index contributed by atoms with van der Waals surface area (Å²) in [5.41, 5.74) is 1.29. The minimum atomic E-state index is -5.29. The molecule has 4 aliphatic rings. The van der Waals surface area contributed by atoms with Crippen LogP contribution in [0.5, 0.6) is 5.75 Å². The van der Waals surface area contributed by atoms with E-state index in [0.717, 1.165) is 10.5 Å². The Labute approximate surface area is 336 Å². The van der Waals surface area contributed by atoms with E-state index < -0.39 is 80.5 Å². The molecule has 2 saturated carbocycles. The van der Waals surface area contributed by atoms with Crippen molar-refractivity contribution < 1.29 is 54.3 Å². The molecule has 2 aliphatic carbocycles. The molecule has 13 nitrogen and oxygen atoms in total. The molecule has 0 spiro atoms. The number of amides is 4. The summed E-state index contributed by atoms with van der Waals surface area (Å²) in [5.74, 6) is -5.95. The highest BCUT2D eigenvalue weighted by molar-refractivity contribution is 7.91. The smallest absolute Gasteiger partial charge is 0.471 e. The lowest BCUT2D eigenvalue weighted by atomic mass is 10.0. The summed E-state index contributed by atoms with van der Waals surface area (Å²) in [7, 11) is -4.01. The van der Waals surface area contributed by atoms with Gasteiger partial charge in [0.15, 0.2) is 11.3 Å². The van der Waals surface area contributed by atoms with E-state index in [0.29, 0.717) is 59.8 Å². The third kappa shape index (κ3) is 8.23. The number of carbonyl (C=O) groups is 4. The van der Waals surface area contributed by atoms with Crippen LogP contribution in [-0.4, -0.2) is 83.6 Å². The fraction of sp³-hybridized carbons (Fsp3) is 0.439. The highest BCUT2D eigenvalue weighted by Gasteiger charge is 2.62. The number of allylic oxidation sites excluding steroid dienone is 1. The Hall–Kier alpha value is -5.52. The molecule has 4 aromatic rings. The van der Waals surface area contributed by atoms with Crippen molar-refractivity contribution in [3.8, 4) is 17.0 Å². The molecule has 2 aromatic heterocycles. The maximum atomic E-state index is 14.4. The molecule has 0 radical (unpaired) electrons. The summed E-state index contributed by atoms with van der Waals surface area (Å²) in [6.07, 6.45) is -0.427. The molecule has 0 unspecified atom stereocenters. The first-order chi connectivity index (χ1) is 28.0. The van der Waals surface area contributed by atoms with Gasteiger partial charge in [0.1, 0.15) is 40.6 Å². The molecular weight excluding hydrogens is 799 g/mol. The van der Waals surface area contributed by atoms with Crippen LogP contribution in [0.25, 0.3) is 33.3 Å². The highest BCUT2D eigenvalue weighted by Crippen LogP contribution is 2.46. The Bertz CT molecular complexity index is 2490. The molecule has 2 aliphatic heterocycles.